The van der Waals surface area contributed by atoms with E-state index in [2.05, 4.69) is 44.9 Å². The van der Waals surface area contributed by atoms with Gasteiger partial charge in [-0.2, -0.15) is 0 Å². The molecule has 1 aliphatic rings. The van der Waals surface area contributed by atoms with E-state index in [9.17, 15) is 9.59 Å². The predicted octanol–water partition coefficient (Wildman–Crippen LogP) is 8.23. The maximum absolute atomic E-state index is 13.7. The second kappa shape index (κ2) is 13.7. The highest BCUT2D eigenvalue weighted by Crippen LogP contribution is 2.40. The van der Waals surface area contributed by atoms with Crippen molar-refractivity contribution in [3.05, 3.63) is 83.7 Å². The van der Waals surface area contributed by atoms with E-state index in [0.717, 1.165) is 40.8 Å². The van der Waals surface area contributed by atoms with Crippen molar-refractivity contribution in [1.82, 2.24) is 9.88 Å². The van der Waals surface area contributed by atoms with Crippen LogP contribution < -0.4 is 4.74 Å². The molecule has 1 amide bonds. The highest BCUT2D eigenvalue weighted by Gasteiger charge is 2.41. The first kappa shape index (κ1) is 34.2. The largest absolute Gasteiger partial charge is 0.488 e. The van der Waals surface area contributed by atoms with Gasteiger partial charge in [-0.3, -0.25) is 4.98 Å². The first-order chi connectivity index (χ1) is 21.1. The standard InChI is InChI=1S/C36H48N2O6Si/c1-35(2,3)43-34(40)38(24-32(27-13-12-20-37-22-27)44-45(8,9)36(4,5)6)23-28-18-16-26-21-25(17-19-31(26)42-28)29-14-10-11-15-30(29)33(39)41-7/h10-15,17,19-22,28,32H,16,18,23-24H2,1-9H3/t28-,32+/m1/s1. The van der Waals surface area contributed by atoms with Crippen molar-refractivity contribution in [1.29, 1.82) is 0 Å². The van der Waals surface area contributed by atoms with Crippen LogP contribution in [0.2, 0.25) is 18.1 Å². The summed E-state index contributed by atoms with van der Waals surface area (Å²) >= 11 is 0. The molecule has 0 N–H and O–H groups in total. The number of ether oxygens (including phenoxy) is 3. The zero-order valence-corrected chi connectivity index (χ0v) is 29.2. The van der Waals surface area contributed by atoms with Gasteiger partial charge in [0.15, 0.2) is 8.32 Å². The lowest BCUT2D eigenvalue weighted by Gasteiger charge is -2.41. The van der Waals surface area contributed by atoms with Gasteiger partial charge in [0.2, 0.25) is 0 Å². The number of carbonyl (C=O) groups is 2. The SMILES string of the molecule is COC(=O)c1ccccc1-c1ccc2c(c1)CC[C@H](CN(C[C@H](O[Si](C)(C)C(C)(C)C)c1cccnc1)C(=O)OC(C)(C)C)O2. The molecule has 0 spiro atoms. The summed E-state index contributed by atoms with van der Waals surface area (Å²) in [4.78, 5) is 32.1. The average Bonchev–Trinajstić information content (AvgIpc) is 2.98. The second-order valence-electron chi connectivity index (χ2n) is 14.2. The van der Waals surface area contributed by atoms with Gasteiger partial charge in [-0.1, -0.05) is 51.1 Å². The maximum atomic E-state index is 13.7. The number of nitrogens with zero attached hydrogens (tertiary/aromatic N) is 2. The zero-order valence-electron chi connectivity index (χ0n) is 28.2. The number of esters is 1. The van der Waals surface area contributed by atoms with E-state index in [1.165, 1.54) is 7.11 Å². The molecule has 4 rings (SSSR count). The predicted molar refractivity (Wildman–Crippen MR) is 179 cm³/mol. The van der Waals surface area contributed by atoms with Crippen molar-refractivity contribution in [2.24, 2.45) is 0 Å². The Morgan fingerprint density at radius 2 is 1.78 bits per heavy atom. The quantitative estimate of drug-likeness (QED) is 0.173. The third-order valence-corrected chi connectivity index (χ3v) is 13.0. The van der Waals surface area contributed by atoms with E-state index in [4.69, 9.17) is 18.6 Å². The minimum absolute atomic E-state index is 0.0172. The highest BCUT2D eigenvalue weighted by molar-refractivity contribution is 6.74. The number of carbonyl (C=O) groups excluding carboxylic acids is 2. The number of hydrogen-bond donors (Lipinski definition) is 0. The Kier molecular flexibility index (Phi) is 10.4. The summed E-state index contributed by atoms with van der Waals surface area (Å²) < 4.78 is 24.3. The Labute approximate surface area is 269 Å². The molecule has 2 atom stereocenters. The van der Waals surface area contributed by atoms with E-state index < -0.39 is 20.0 Å². The number of rotatable bonds is 9. The summed E-state index contributed by atoms with van der Waals surface area (Å²) in [7, 11) is -0.825. The molecule has 1 aliphatic heterocycles. The molecule has 0 aliphatic carbocycles. The number of fused-ring (bicyclic) bond motifs is 1. The summed E-state index contributed by atoms with van der Waals surface area (Å²) in [6, 6.07) is 17.3. The molecule has 0 unspecified atom stereocenters. The van der Waals surface area contributed by atoms with Crippen LogP contribution >= 0.6 is 0 Å². The monoisotopic (exact) mass is 632 g/mol. The van der Waals surface area contributed by atoms with Crippen LogP contribution in [0.5, 0.6) is 5.75 Å². The number of amides is 1. The Bertz CT molecular complexity index is 1480. The number of benzene rings is 2. The van der Waals surface area contributed by atoms with Crippen molar-refractivity contribution >= 4 is 20.4 Å². The molecule has 2 heterocycles. The van der Waals surface area contributed by atoms with Crippen LogP contribution in [0.4, 0.5) is 4.79 Å². The van der Waals surface area contributed by atoms with Crippen LogP contribution in [0.1, 0.15) is 75.6 Å². The molecule has 0 saturated carbocycles. The first-order valence-corrected chi connectivity index (χ1v) is 18.5. The number of aromatic nitrogens is 1. The zero-order chi connectivity index (χ0) is 33.0. The number of methoxy groups -OCH3 is 1. The van der Waals surface area contributed by atoms with Crippen LogP contribution in [-0.4, -0.2) is 62.2 Å². The fourth-order valence-electron chi connectivity index (χ4n) is 5.07. The summed E-state index contributed by atoms with van der Waals surface area (Å²) in [6.07, 6.45) is 4.03. The van der Waals surface area contributed by atoms with E-state index in [0.29, 0.717) is 18.7 Å². The topological polar surface area (TPSA) is 87.2 Å². The van der Waals surface area contributed by atoms with Crippen molar-refractivity contribution < 1.29 is 28.2 Å². The second-order valence-corrected chi connectivity index (χ2v) is 18.9. The number of hydrogen-bond acceptors (Lipinski definition) is 7. The smallest absolute Gasteiger partial charge is 0.410 e. The molecule has 8 nitrogen and oxygen atoms in total. The van der Waals surface area contributed by atoms with Crippen molar-refractivity contribution in [2.45, 2.75) is 90.3 Å². The lowest BCUT2D eigenvalue weighted by molar-refractivity contribution is 0.00490. The maximum Gasteiger partial charge on any atom is 0.410 e. The van der Waals surface area contributed by atoms with Gasteiger partial charge >= 0.3 is 12.1 Å². The number of pyridine rings is 1. The van der Waals surface area contributed by atoms with Crippen LogP contribution in [-0.2, 0) is 20.3 Å². The Balaban J connectivity index is 1.59. The summed E-state index contributed by atoms with van der Waals surface area (Å²) in [5.41, 5.74) is 3.58. The molecular weight excluding hydrogens is 584 g/mol. The molecule has 3 aromatic rings. The summed E-state index contributed by atoms with van der Waals surface area (Å²) in [5.74, 6) is 0.403. The van der Waals surface area contributed by atoms with Crippen molar-refractivity contribution in [2.75, 3.05) is 20.2 Å². The van der Waals surface area contributed by atoms with Gasteiger partial charge in [-0.05, 0) is 98.3 Å². The lowest BCUT2D eigenvalue weighted by atomic mass is 9.94. The third kappa shape index (κ3) is 8.73. The normalized spacial score (nSPS) is 15.8. The molecule has 2 aromatic carbocycles. The van der Waals surface area contributed by atoms with Gasteiger partial charge in [0.1, 0.15) is 17.5 Å². The fourth-order valence-corrected chi connectivity index (χ4v) is 6.34. The van der Waals surface area contributed by atoms with E-state index in [1.807, 2.05) is 69.4 Å². The van der Waals surface area contributed by atoms with E-state index in [-0.39, 0.29) is 23.2 Å². The Hall–Kier alpha value is -3.69. The first-order valence-electron chi connectivity index (χ1n) is 15.6. The lowest BCUT2D eigenvalue weighted by Crippen LogP contribution is -2.48. The molecule has 242 valence electrons. The van der Waals surface area contributed by atoms with Crippen molar-refractivity contribution in [3.63, 3.8) is 0 Å². The molecule has 45 heavy (non-hydrogen) atoms. The van der Waals surface area contributed by atoms with Crippen molar-refractivity contribution in [3.8, 4) is 16.9 Å². The highest BCUT2D eigenvalue weighted by atomic mass is 28.4. The molecule has 0 radical (unpaired) electrons. The van der Waals surface area contributed by atoms with E-state index >= 15 is 0 Å². The molecule has 0 fully saturated rings. The fraction of sp³-hybridized carbons (Fsp3) is 0.472. The molecule has 0 bridgehead atoms. The summed E-state index contributed by atoms with van der Waals surface area (Å²) in [5, 5.41) is -0.0172. The van der Waals surface area contributed by atoms with Gasteiger partial charge in [0.25, 0.3) is 0 Å². The van der Waals surface area contributed by atoms with Crippen LogP contribution in [0, 0.1) is 0 Å². The third-order valence-electron chi connectivity index (χ3n) is 8.49. The minimum atomic E-state index is -2.21. The van der Waals surface area contributed by atoms with Gasteiger partial charge < -0.3 is 23.5 Å². The van der Waals surface area contributed by atoms with E-state index in [1.54, 1.807) is 17.2 Å². The molecule has 0 saturated heterocycles. The van der Waals surface area contributed by atoms with Crippen LogP contribution in [0.25, 0.3) is 11.1 Å². The molecular formula is C36H48N2O6Si. The molecule has 9 heteroatoms. The van der Waals surface area contributed by atoms with Crippen LogP contribution in [0.15, 0.2) is 67.0 Å². The van der Waals surface area contributed by atoms with Gasteiger partial charge in [-0.25, -0.2) is 9.59 Å². The van der Waals surface area contributed by atoms with Gasteiger partial charge in [0.05, 0.1) is 31.9 Å². The average molecular weight is 633 g/mol. The van der Waals surface area contributed by atoms with Gasteiger partial charge in [0, 0.05) is 12.4 Å². The minimum Gasteiger partial charge on any atom is -0.488 e. The molecule has 1 aromatic heterocycles. The summed E-state index contributed by atoms with van der Waals surface area (Å²) in [6.45, 7) is 17.3. The Morgan fingerprint density at radius 3 is 2.42 bits per heavy atom. The van der Waals surface area contributed by atoms with Crippen LogP contribution in [0.3, 0.4) is 0 Å². The Morgan fingerprint density at radius 1 is 1.04 bits per heavy atom. The van der Waals surface area contributed by atoms with Gasteiger partial charge in [-0.15, -0.1) is 0 Å². The number of aryl methyl sites for hydroxylation is 1.